The average molecular weight is 258 g/mol. The number of hydrogen-bond acceptors (Lipinski definition) is 3. The molecule has 0 amide bonds. The molecule has 0 atom stereocenters. The van der Waals surface area contributed by atoms with Gasteiger partial charge in [0.05, 0.1) is 5.69 Å². The smallest absolute Gasteiger partial charge is 0.263 e. The third-order valence-corrected chi connectivity index (χ3v) is 3.55. The fourth-order valence-electron chi connectivity index (χ4n) is 1.14. The molecule has 2 N–H and O–H groups in total. The lowest BCUT2D eigenvalue weighted by atomic mass is 10.4. The van der Waals surface area contributed by atoms with E-state index in [2.05, 4.69) is 14.7 Å². The molecule has 0 fully saturated rings. The lowest BCUT2D eigenvalue weighted by molar-refractivity contribution is 0.601. The topological polar surface area (TPSA) is 74.8 Å². The van der Waals surface area contributed by atoms with Crippen LogP contribution in [-0.2, 0) is 10.0 Å². The fraction of sp³-hybridized carbons (Fsp3) is 0. The highest BCUT2D eigenvalue weighted by atomic mass is 35.5. The van der Waals surface area contributed by atoms with E-state index in [0.717, 1.165) is 0 Å². The third kappa shape index (κ3) is 2.17. The van der Waals surface area contributed by atoms with Crippen LogP contribution in [0.3, 0.4) is 0 Å². The number of pyridine rings is 1. The van der Waals surface area contributed by atoms with Gasteiger partial charge in [0.25, 0.3) is 10.0 Å². The maximum absolute atomic E-state index is 11.8. The van der Waals surface area contributed by atoms with Gasteiger partial charge in [-0.15, -0.1) is 0 Å². The van der Waals surface area contributed by atoms with E-state index >= 15 is 0 Å². The number of hydrogen-bond donors (Lipinski definition) is 2. The molecule has 7 heteroatoms. The Morgan fingerprint density at radius 2 is 2.19 bits per heavy atom. The molecule has 0 aliphatic heterocycles. The largest absolute Gasteiger partial charge is 0.366 e. The number of anilines is 1. The first-order chi connectivity index (χ1) is 7.59. The molecule has 0 aliphatic carbocycles. The number of nitrogens with one attached hydrogen (secondary N) is 2. The van der Waals surface area contributed by atoms with Crippen LogP contribution < -0.4 is 4.72 Å². The van der Waals surface area contributed by atoms with Gasteiger partial charge in [0, 0.05) is 18.6 Å². The highest BCUT2D eigenvalue weighted by Crippen LogP contribution is 2.21. The van der Waals surface area contributed by atoms with Gasteiger partial charge in [-0.1, -0.05) is 11.6 Å². The number of aromatic amines is 1. The molecule has 0 unspecified atom stereocenters. The van der Waals surface area contributed by atoms with Crippen molar-refractivity contribution in [3.63, 3.8) is 0 Å². The van der Waals surface area contributed by atoms with Gasteiger partial charge >= 0.3 is 0 Å². The van der Waals surface area contributed by atoms with E-state index in [9.17, 15) is 8.42 Å². The van der Waals surface area contributed by atoms with Crippen LogP contribution in [0.15, 0.2) is 41.7 Å². The van der Waals surface area contributed by atoms with Crippen LogP contribution in [0.2, 0.25) is 5.15 Å². The molecule has 2 heterocycles. The Morgan fingerprint density at radius 3 is 2.81 bits per heavy atom. The van der Waals surface area contributed by atoms with Crippen molar-refractivity contribution < 1.29 is 8.42 Å². The second-order valence-electron chi connectivity index (χ2n) is 2.99. The molecule has 0 saturated heterocycles. The van der Waals surface area contributed by atoms with Crippen molar-refractivity contribution in [1.29, 1.82) is 0 Å². The number of H-pyrrole nitrogens is 1. The van der Waals surface area contributed by atoms with Crippen molar-refractivity contribution in [2.24, 2.45) is 0 Å². The van der Waals surface area contributed by atoms with E-state index in [4.69, 9.17) is 11.6 Å². The fourth-order valence-corrected chi connectivity index (χ4v) is 2.41. The van der Waals surface area contributed by atoms with E-state index in [1.54, 1.807) is 12.1 Å². The molecular formula is C9H8ClN3O2S. The van der Waals surface area contributed by atoms with Gasteiger partial charge in [0.1, 0.15) is 4.90 Å². The average Bonchev–Trinajstić information content (AvgIpc) is 2.75. The van der Waals surface area contributed by atoms with E-state index in [-0.39, 0.29) is 15.7 Å². The van der Waals surface area contributed by atoms with E-state index in [0.29, 0.717) is 0 Å². The summed E-state index contributed by atoms with van der Waals surface area (Å²) < 4.78 is 25.9. The molecule has 0 aliphatic rings. The van der Waals surface area contributed by atoms with Gasteiger partial charge in [0.15, 0.2) is 5.15 Å². The summed E-state index contributed by atoms with van der Waals surface area (Å²) in [5.74, 6) is 0. The number of halogens is 1. The first-order valence-corrected chi connectivity index (χ1v) is 6.22. The van der Waals surface area contributed by atoms with Gasteiger partial charge < -0.3 is 4.98 Å². The summed E-state index contributed by atoms with van der Waals surface area (Å²) in [4.78, 5) is 6.59. The van der Waals surface area contributed by atoms with E-state index < -0.39 is 10.0 Å². The predicted octanol–water partition coefficient (Wildman–Crippen LogP) is 1.86. The van der Waals surface area contributed by atoms with Crippen molar-refractivity contribution in [3.05, 3.63) is 41.9 Å². The van der Waals surface area contributed by atoms with Crippen LogP contribution in [0.5, 0.6) is 0 Å². The van der Waals surface area contributed by atoms with Crippen molar-refractivity contribution in [1.82, 2.24) is 9.97 Å². The summed E-state index contributed by atoms with van der Waals surface area (Å²) in [6, 6.07) is 4.59. The second kappa shape index (κ2) is 4.15. The molecule has 2 aromatic heterocycles. The summed E-state index contributed by atoms with van der Waals surface area (Å²) in [7, 11) is -3.60. The van der Waals surface area contributed by atoms with Crippen molar-refractivity contribution in [2.45, 2.75) is 4.90 Å². The van der Waals surface area contributed by atoms with Gasteiger partial charge in [0.2, 0.25) is 0 Å². The first kappa shape index (κ1) is 11.0. The van der Waals surface area contributed by atoms with Crippen molar-refractivity contribution in [3.8, 4) is 0 Å². The normalized spacial score (nSPS) is 11.3. The van der Waals surface area contributed by atoms with Gasteiger partial charge in [-0.3, -0.25) is 4.72 Å². The summed E-state index contributed by atoms with van der Waals surface area (Å²) >= 11 is 5.75. The monoisotopic (exact) mass is 257 g/mol. The maximum atomic E-state index is 11.8. The molecule has 2 rings (SSSR count). The quantitative estimate of drug-likeness (QED) is 0.824. The molecule has 0 spiro atoms. The molecule has 2 aromatic rings. The van der Waals surface area contributed by atoms with Crippen LogP contribution in [0.4, 0.5) is 5.69 Å². The summed E-state index contributed by atoms with van der Waals surface area (Å²) in [5.41, 5.74) is 0.255. The van der Waals surface area contributed by atoms with Crippen LogP contribution in [0, 0.1) is 0 Å². The summed E-state index contributed by atoms with van der Waals surface area (Å²) in [6.45, 7) is 0. The van der Waals surface area contributed by atoms with Crippen LogP contribution >= 0.6 is 11.6 Å². The minimum Gasteiger partial charge on any atom is -0.366 e. The molecule has 0 saturated carbocycles. The molecule has 16 heavy (non-hydrogen) atoms. The third-order valence-electron chi connectivity index (χ3n) is 1.88. The lowest BCUT2D eigenvalue weighted by Gasteiger charge is -2.06. The molecule has 5 nitrogen and oxygen atoms in total. The van der Waals surface area contributed by atoms with Gasteiger partial charge in [-0.05, 0) is 18.2 Å². The highest BCUT2D eigenvalue weighted by Gasteiger charge is 2.15. The summed E-state index contributed by atoms with van der Waals surface area (Å²) in [5, 5.41) is 0.113. The predicted molar refractivity (Wildman–Crippen MR) is 60.8 cm³/mol. The standard InChI is InChI=1S/C9H8ClN3O2S/c10-9-8(2-1-4-12-9)13-16(14,15)7-3-5-11-6-7/h1-6,11,13H. The number of sulfonamides is 1. The van der Waals surface area contributed by atoms with E-state index in [1.165, 1.54) is 24.7 Å². The van der Waals surface area contributed by atoms with Crippen molar-refractivity contribution in [2.75, 3.05) is 4.72 Å². The molecule has 0 aromatic carbocycles. The van der Waals surface area contributed by atoms with Crippen LogP contribution in [0.25, 0.3) is 0 Å². The second-order valence-corrected chi connectivity index (χ2v) is 5.03. The lowest BCUT2D eigenvalue weighted by Crippen LogP contribution is -2.12. The Morgan fingerprint density at radius 1 is 1.38 bits per heavy atom. The minimum atomic E-state index is -3.60. The number of aromatic nitrogens is 2. The SMILES string of the molecule is O=S(=O)(Nc1cccnc1Cl)c1cc[nH]c1. The minimum absolute atomic E-state index is 0.113. The Bertz CT molecular complexity index is 581. The van der Waals surface area contributed by atoms with Gasteiger partial charge in [-0.2, -0.15) is 0 Å². The Hall–Kier alpha value is -1.53. The number of rotatable bonds is 3. The van der Waals surface area contributed by atoms with Gasteiger partial charge in [-0.25, -0.2) is 13.4 Å². The maximum Gasteiger partial charge on any atom is 0.263 e. The zero-order valence-corrected chi connectivity index (χ0v) is 9.59. The number of nitrogens with zero attached hydrogens (tertiary/aromatic N) is 1. The Labute approximate surface area is 97.5 Å². The van der Waals surface area contributed by atoms with Crippen LogP contribution in [-0.4, -0.2) is 18.4 Å². The molecule has 0 radical (unpaired) electrons. The van der Waals surface area contributed by atoms with E-state index in [1.807, 2.05) is 0 Å². The zero-order chi connectivity index (χ0) is 11.6. The summed E-state index contributed by atoms with van der Waals surface area (Å²) in [6.07, 6.45) is 4.39. The molecule has 84 valence electrons. The zero-order valence-electron chi connectivity index (χ0n) is 8.01. The Balaban J connectivity index is 2.33. The highest BCUT2D eigenvalue weighted by molar-refractivity contribution is 7.92. The molecule has 0 bridgehead atoms. The first-order valence-electron chi connectivity index (χ1n) is 4.36. The van der Waals surface area contributed by atoms with Crippen molar-refractivity contribution >= 4 is 27.3 Å². The molecular weight excluding hydrogens is 250 g/mol. The van der Waals surface area contributed by atoms with Crippen LogP contribution in [0.1, 0.15) is 0 Å². The Kier molecular flexibility index (Phi) is 2.84.